The van der Waals surface area contributed by atoms with Crippen molar-refractivity contribution >= 4 is 0 Å². The van der Waals surface area contributed by atoms with Gasteiger partial charge in [-0.3, -0.25) is 0 Å². The first-order valence-electron chi connectivity index (χ1n) is 5.83. The lowest BCUT2D eigenvalue weighted by molar-refractivity contribution is 0.432. The molecule has 2 aliphatic rings. The Morgan fingerprint density at radius 1 is 1.08 bits per heavy atom. The third kappa shape index (κ3) is 2.68. The van der Waals surface area contributed by atoms with Gasteiger partial charge in [0.1, 0.15) is 0 Å². The highest BCUT2D eigenvalue weighted by atomic mass is 14.9. The SMILES string of the molecule is NC1CCC(NCC2CCCC2)C1. The van der Waals surface area contributed by atoms with Gasteiger partial charge in [-0.2, -0.15) is 0 Å². The van der Waals surface area contributed by atoms with E-state index < -0.39 is 0 Å². The Morgan fingerprint density at radius 2 is 1.85 bits per heavy atom. The molecule has 2 nitrogen and oxygen atoms in total. The number of hydrogen-bond acceptors (Lipinski definition) is 2. The second-order valence-corrected chi connectivity index (χ2v) is 4.83. The summed E-state index contributed by atoms with van der Waals surface area (Å²) in [5, 5.41) is 3.67. The largest absolute Gasteiger partial charge is 0.328 e. The average Bonchev–Trinajstić information content (AvgIpc) is 2.71. The zero-order chi connectivity index (χ0) is 9.10. The normalized spacial score (nSPS) is 35.8. The molecule has 0 aromatic rings. The lowest BCUT2D eigenvalue weighted by Gasteiger charge is -2.15. The van der Waals surface area contributed by atoms with Crippen molar-refractivity contribution in [1.29, 1.82) is 0 Å². The zero-order valence-electron chi connectivity index (χ0n) is 8.47. The number of nitrogens with one attached hydrogen (secondary N) is 1. The smallest absolute Gasteiger partial charge is 0.00824 e. The molecule has 2 fully saturated rings. The lowest BCUT2D eigenvalue weighted by Crippen LogP contribution is -2.32. The molecule has 0 spiro atoms. The van der Waals surface area contributed by atoms with E-state index in [1.807, 2.05) is 0 Å². The van der Waals surface area contributed by atoms with Crippen molar-refractivity contribution < 1.29 is 0 Å². The molecular formula is C11H22N2. The topological polar surface area (TPSA) is 38.0 Å². The molecule has 2 unspecified atom stereocenters. The van der Waals surface area contributed by atoms with Gasteiger partial charge in [0.2, 0.25) is 0 Å². The van der Waals surface area contributed by atoms with Gasteiger partial charge in [-0.25, -0.2) is 0 Å². The van der Waals surface area contributed by atoms with E-state index in [-0.39, 0.29) is 0 Å². The molecule has 3 N–H and O–H groups in total. The maximum atomic E-state index is 5.87. The molecule has 0 aliphatic heterocycles. The van der Waals surface area contributed by atoms with Crippen LogP contribution in [0.5, 0.6) is 0 Å². The molecule has 0 heterocycles. The van der Waals surface area contributed by atoms with Crippen molar-refractivity contribution in [2.45, 2.75) is 57.0 Å². The number of hydrogen-bond donors (Lipinski definition) is 2. The molecule has 2 saturated carbocycles. The van der Waals surface area contributed by atoms with E-state index in [9.17, 15) is 0 Å². The summed E-state index contributed by atoms with van der Waals surface area (Å²) < 4.78 is 0. The monoisotopic (exact) mass is 182 g/mol. The quantitative estimate of drug-likeness (QED) is 0.696. The highest BCUT2D eigenvalue weighted by Gasteiger charge is 2.22. The van der Waals surface area contributed by atoms with Gasteiger partial charge in [0.25, 0.3) is 0 Å². The number of nitrogens with two attached hydrogens (primary N) is 1. The van der Waals surface area contributed by atoms with E-state index in [1.54, 1.807) is 0 Å². The van der Waals surface area contributed by atoms with Crippen LogP contribution in [0.15, 0.2) is 0 Å². The maximum absolute atomic E-state index is 5.87. The van der Waals surface area contributed by atoms with Gasteiger partial charge in [0.05, 0.1) is 0 Å². The molecule has 0 aromatic carbocycles. The molecule has 76 valence electrons. The Bertz CT molecular complexity index is 152. The minimum atomic E-state index is 0.473. The second kappa shape index (κ2) is 4.43. The molecule has 2 heteroatoms. The van der Waals surface area contributed by atoms with Gasteiger partial charge in [-0.1, -0.05) is 12.8 Å². The fourth-order valence-electron chi connectivity index (χ4n) is 2.75. The van der Waals surface area contributed by atoms with Crippen LogP contribution in [0.25, 0.3) is 0 Å². The van der Waals surface area contributed by atoms with Crippen LogP contribution < -0.4 is 11.1 Å². The van der Waals surface area contributed by atoms with Crippen LogP contribution in [0.2, 0.25) is 0 Å². The lowest BCUT2D eigenvalue weighted by atomic mass is 10.1. The van der Waals surface area contributed by atoms with E-state index in [4.69, 9.17) is 5.73 Å². The van der Waals surface area contributed by atoms with Gasteiger partial charge in [0, 0.05) is 12.1 Å². The van der Waals surface area contributed by atoms with Crippen LogP contribution in [0.1, 0.15) is 44.9 Å². The van der Waals surface area contributed by atoms with Gasteiger partial charge < -0.3 is 11.1 Å². The third-order valence-corrected chi connectivity index (χ3v) is 3.64. The van der Waals surface area contributed by atoms with Crippen LogP contribution in [0, 0.1) is 5.92 Å². The summed E-state index contributed by atoms with van der Waals surface area (Å²) in [5.74, 6) is 0.969. The highest BCUT2D eigenvalue weighted by molar-refractivity contribution is 4.83. The predicted molar refractivity (Wildman–Crippen MR) is 55.6 cm³/mol. The van der Waals surface area contributed by atoms with E-state index in [0.717, 1.165) is 12.0 Å². The first-order chi connectivity index (χ1) is 6.34. The van der Waals surface area contributed by atoms with Crippen molar-refractivity contribution in [3.8, 4) is 0 Å². The summed E-state index contributed by atoms with van der Waals surface area (Å²) in [4.78, 5) is 0. The molecule has 2 rings (SSSR count). The molecule has 0 aromatic heterocycles. The minimum absolute atomic E-state index is 0.473. The second-order valence-electron chi connectivity index (χ2n) is 4.83. The Balaban J connectivity index is 1.62. The summed E-state index contributed by atoms with van der Waals surface area (Å²) in [6, 6.07) is 1.21. The molecule has 2 atom stereocenters. The maximum Gasteiger partial charge on any atom is 0.00824 e. The Labute approximate surface area is 81.3 Å². The summed E-state index contributed by atoms with van der Waals surface area (Å²) >= 11 is 0. The first kappa shape index (κ1) is 9.47. The Morgan fingerprint density at radius 3 is 2.46 bits per heavy atom. The fourth-order valence-corrected chi connectivity index (χ4v) is 2.75. The zero-order valence-corrected chi connectivity index (χ0v) is 8.47. The number of rotatable bonds is 3. The molecule has 13 heavy (non-hydrogen) atoms. The Kier molecular flexibility index (Phi) is 3.23. The van der Waals surface area contributed by atoms with Crippen LogP contribution in [0.4, 0.5) is 0 Å². The standard InChI is InChI=1S/C11H22N2/c12-10-5-6-11(7-10)13-8-9-3-1-2-4-9/h9-11,13H,1-8,12H2. The summed E-state index contributed by atoms with van der Waals surface area (Å²) in [6.45, 7) is 1.25. The Hall–Kier alpha value is -0.0800. The van der Waals surface area contributed by atoms with Crippen molar-refractivity contribution in [2.75, 3.05) is 6.54 Å². The molecule has 0 amide bonds. The highest BCUT2D eigenvalue weighted by Crippen LogP contribution is 2.25. The molecule has 0 bridgehead atoms. The molecule has 2 aliphatic carbocycles. The van der Waals surface area contributed by atoms with E-state index in [2.05, 4.69) is 5.32 Å². The van der Waals surface area contributed by atoms with Gasteiger partial charge >= 0.3 is 0 Å². The van der Waals surface area contributed by atoms with E-state index in [1.165, 1.54) is 51.5 Å². The molecular weight excluding hydrogens is 160 g/mol. The molecule has 0 saturated heterocycles. The van der Waals surface area contributed by atoms with Crippen LogP contribution in [0.3, 0.4) is 0 Å². The van der Waals surface area contributed by atoms with E-state index >= 15 is 0 Å². The van der Waals surface area contributed by atoms with Crippen LogP contribution >= 0.6 is 0 Å². The average molecular weight is 182 g/mol. The van der Waals surface area contributed by atoms with Gasteiger partial charge in [-0.05, 0) is 44.6 Å². The fraction of sp³-hybridized carbons (Fsp3) is 1.00. The summed E-state index contributed by atoms with van der Waals surface area (Å²) in [7, 11) is 0. The first-order valence-corrected chi connectivity index (χ1v) is 5.83. The minimum Gasteiger partial charge on any atom is -0.328 e. The van der Waals surface area contributed by atoms with E-state index in [0.29, 0.717) is 6.04 Å². The van der Waals surface area contributed by atoms with Gasteiger partial charge in [-0.15, -0.1) is 0 Å². The summed E-state index contributed by atoms with van der Waals surface area (Å²) in [5.41, 5.74) is 5.87. The third-order valence-electron chi connectivity index (χ3n) is 3.64. The predicted octanol–water partition coefficient (Wildman–Crippen LogP) is 1.65. The van der Waals surface area contributed by atoms with Crippen LogP contribution in [-0.2, 0) is 0 Å². The van der Waals surface area contributed by atoms with Gasteiger partial charge in [0.15, 0.2) is 0 Å². The van der Waals surface area contributed by atoms with Crippen molar-refractivity contribution in [3.05, 3.63) is 0 Å². The van der Waals surface area contributed by atoms with Crippen molar-refractivity contribution in [3.63, 3.8) is 0 Å². The van der Waals surface area contributed by atoms with Crippen LogP contribution in [-0.4, -0.2) is 18.6 Å². The van der Waals surface area contributed by atoms with Crippen molar-refractivity contribution in [2.24, 2.45) is 11.7 Å². The van der Waals surface area contributed by atoms with Crippen molar-refractivity contribution in [1.82, 2.24) is 5.32 Å². The molecule has 0 radical (unpaired) electrons. The summed E-state index contributed by atoms with van der Waals surface area (Å²) in [6.07, 6.45) is 9.54.